The van der Waals surface area contributed by atoms with Gasteiger partial charge in [0.1, 0.15) is 0 Å². The van der Waals surface area contributed by atoms with Crippen LogP contribution in [0.25, 0.3) is 0 Å². The van der Waals surface area contributed by atoms with Crippen LogP contribution >= 0.6 is 0 Å². The van der Waals surface area contributed by atoms with Gasteiger partial charge in [0.2, 0.25) is 0 Å². The Bertz CT molecular complexity index is 46.4. The third-order valence-corrected chi connectivity index (χ3v) is 0. The van der Waals surface area contributed by atoms with Gasteiger partial charge in [-0.25, -0.2) is 10.5 Å². The summed E-state index contributed by atoms with van der Waals surface area (Å²) in [5.74, 6) is 4.36. The number of rotatable bonds is 0. The largest absolute Gasteiger partial charge is 0.324 e. The van der Waals surface area contributed by atoms with E-state index in [0.717, 1.165) is 0 Å². The fourth-order valence-corrected chi connectivity index (χ4v) is 0. The lowest BCUT2D eigenvalue weighted by atomic mass is 11.7. The second-order valence-corrected chi connectivity index (χ2v) is 0.183. The van der Waals surface area contributed by atoms with E-state index in [-0.39, 0.29) is 0 Å². The average Bonchev–Trinajstić information content (AvgIpc) is 1.78. The maximum absolute atomic E-state index is 6.50. The van der Waals surface area contributed by atoms with Crippen molar-refractivity contribution in [2.24, 2.45) is 10.9 Å². The molecule has 0 saturated heterocycles. The molecule has 0 fully saturated rings. The summed E-state index contributed by atoms with van der Waals surface area (Å²) < 4.78 is 0. The van der Waals surface area contributed by atoms with Gasteiger partial charge in [0, 0.05) is 19.9 Å². The molecule has 0 rings (SSSR count). The fourth-order valence-electron chi connectivity index (χ4n) is 0. The van der Waals surface area contributed by atoms with Gasteiger partial charge in [-0.2, -0.15) is 5.10 Å². The summed E-state index contributed by atoms with van der Waals surface area (Å²) in [7, 11) is 0. The molecule has 0 unspecified atom stereocenters. The molecule has 0 aromatic rings. The second-order valence-electron chi connectivity index (χ2n) is 0.183. The van der Waals surface area contributed by atoms with Crippen molar-refractivity contribution in [3.05, 3.63) is 0 Å². The lowest BCUT2D eigenvalue weighted by molar-refractivity contribution is 1.28. The summed E-state index contributed by atoms with van der Waals surface area (Å²) in [6, 6.07) is 0. The highest BCUT2D eigenvalue weighted by atomic mass is 15.1. The zero-order valence-electron chi connectivity index (χ0n) is 3.78. The van der Waals surface area contributed by atoms with Crippen LogP contribution in [0.15, 0.2) is 5.10 Å². The summed E-state index contributed by atoms with van der Waals surface area (Å²) in [6.45, 7) is 9.89. The molecule has 0 heterocycles. The molecule has 0 saturated carbocycles. The van der Waals surface area contributed by atoms with Gasteiger partial charge < -0.3 is 5.84 Å². The number of nitriles is 2. The van der Waals surface area contributed by atoms with Crippen molar-refractivity contribution in [2.45, 2.75) is 0 Å². The van der Waals surface area contributed by atoms with Crippen molar-refractivity contribution in [1.82, 2.24) is 0 Å². The molecule has 4 nitrogen and oxygen atoms in total. The summed E-state index contributed by atoms with van der Waals surface area (Å²) in [6.07, 6.45) is 0. The fraction of sp³-hybridized carbons (Fsp3) is 0. The molecule has 0 aliphatic carbocycles. The van der Waals surface area contributed by atoms with E-state index in [1.165, 1.54) is 0 Å². The number of hydrogen-bond acceptors (Lipinski definition) is 4. The molecular weight excluding hydrogens is 92.1 g/mol. The van der Waals surface area contributed by atoms with E-state index in [9.17, 15) is 0 Å². The molecule has 0 bridgehead atoms. The predicted octanol–water partition coefficient (Wildman–Crippen LogP) is -0.160. The highest BCUT2D eigenvalue weighted by Crippen LogP contribution is 1.05. The molecule has 38 valence electrons. The minimum absolute atomic E-state index is 2.75. The van der Waals surface area contributed by atoms with E-state index in [2.05, 4.69) is 30.8 Å². The van der Waals surface area contributed by atoms with Crippen molar-refractivity contribution in [3.63, 3.8) is 0 Å². The average molecular weight is 98.1 g/mol. The Labute approximate surface area is 42.5 Å². The highest BCUT2D eigenvalue weighted by Gasteiger charge is 1.03. The van der Waals surface area contributed by atoms with Gasteiger partial charge in [-0.15, -0.1) is 0 Å². The minimum atomic E-state index is 2.75. The van der Waals surface area contributed by atoms with Crippen LogP contribution in [0, 0.1) is 23.7 Å². The summed E-state index contributed by atoms with van der Waals surface area (Å²) in [4.78, 5) is 0. The number of hydrogen-bond donors (Lipinski definition) is 1. The van der Waals surface area contributed by atoms with Crippen LogP contribution in [0.2, 0.25) is 0 Å². The molecule has 2 N–H and O–H groups in total. The molecule has 0 atom stereocenters. The van der Waals surface area contributed by atoms with Crippen LogP contribution in [0.1, 0.15) is 0 Å². The van der Waals surface area contributed by atoms with Gasteiger partial charge in [0.05, 0.1) is 0 Å². The van der Waals surface area contributed by atoms with Gasteiger partial charge >= 0.3 is 0 Å². The Morgan fingerprint density at radius 1 is 1.29 bits per heavy atom. The monoisotopic (exact) mass is 98.1 g/mol. The first-order valence-corrected chi connectivity index (χ1v) is 1.09. The SMILES string of the molecule is C#N.C#N.C=NN. The zero-order valence-corrected chi connectivity index (χ0v) is 3.78. The smallest absolute Gasteiger partial charge is 0.0462 e. The van der Waals surface area contributed by atoms with Crippen LogP contribution in [-0.2, 0) is 0 Å². The van der Waals surface area contributed by atoms with Crippen LogP contribution in [0.4, 0.5) is 0 Å². The zero-order chi connectivity index (χ0) is 6.71. The van der Waals surface area contributed by atoms with Crippen LogP contribution < -0.4 is 5.84 Å². The second kappa shape index (κ2) is 175. The first-order valence-electron chi connectivity index (χ1n) is 1.09. The van der Waals surface area contributed by atoms with Gasteiger partial charge in [-0.3, -0.25) is 0 Å². The molecule has 0 radical (unpaired) electrons. The molecule has 7 heavy (non-hydrogen) atoms. The maximum Gasteiger partial charge on any atom is 0.0462 e. The molecule has 0 aliphatic rings. The van der Waals surface area contributed by atoms with Crippen molar-refractivity contribution in [1.29, 1.82) is 10.5 Å². The predicted molar refractivity (Wildman–Crippen MR) is 27.1 cm³/mol. The number of nitrogens with zero attached hydrogens (tertiary/aromatic N) is 3. The molecule has 0 aromatic carbocycles. The molecule has 0 aliphatic heterocycles. The van der Waals surface area contributed by atoms with E-state index < -0.39 is 0 Å². The van der Waals surface area contributed by atoms with E-state index in [0.29, 0.717) is 0 Å². The molecule has 4 heteroatoms. The van der Waals surface area contributed by atoms with Crippen molar-refractivity contribution >= 4 is 6.72 Å². The van der Waals surface area contributed by atoms with E-state index >= 15 is 0 Å². The van der Waals surface area contributed by atoms with E-state index in [1.807, 2.05) is 0 Å². The molecule has 0 spiro atoms. The topological polar surface area (TPSA) is 86.0 Å². The third-order valence-electron chi connectivity index (χ3n) is 0. The Kier molecular flexibility index (Phi) is 450. The first-order chi connectivity index (χ1) is 3.41. The summed E-state index contributed by atoms with van der Waals surface area (Å²) in [5.41, 5.74) is 0. The quantitative estimate of drug-likeness (QED) is 0.259. The van der Waals surface area contributed by atoms with E-state index in [1.54, 1.807) is 0 Å². The Balaban J connectivity index is -0.0000000360. The standard InChI is InChI=1S/CH4N2.2CHN/c1-3-2;2*1-2/h1-2H2;2*1H. The van der Waals surface area contributed by atoms with Gasteiger partial charge in [-0.1, -0.05) is 0 Å². The Morgan fingerprint density at radius 2 is 1.29 bits per heavy atom. The third kappa shape index (κ3) is 11.1. The Hall–Kier alpha value is -1.55. The number of nitrogens with two attached hydrogens (primary N) is 1. The van der Waals surface area contributed by atoms with Crippen LogP contribution in [0.3, 0.4) is 0 Å². The number of hydrazone groups is 1. The molecule has 0 amide bonds. The van der Waals surface area contributed by atoms with Crippen LogP contribution in [0.5, 0.6) is 0 Å². The van der Waals surface area contributed by atoms with Gasteiger partial charge in [-0.05, 0) is 0 Å². The van der Waals surface area contributed by atoms with Gasteiger partial charge in [0.15, 0.2) is 0 Å². The van der Waals surface area contributed by atoms with Crippen LogP contribution in [-0.4, -0.2) is 6.72 Å². The van der Waals surface area contributed by atoms with Crippen molar-refractivity contribution < 1.29 is 0 Å². The Morgan fingerprint density at radius 3 is 1.29 bits per heavy atom. The highest BCUT2D eigenvalue weighted by molar-refractivity contribution is 5.21. The van der Waals surface area contributed by atoms with Crippen molar-refractivity contribution in [2.75, 3.05) is 0 Å². The normalized spacial score (nSPS) is 2.29. The molecular formula is C3H6N4. The van der Waals surface area contributed by atoms with Gasteiger partial charge in [0.25, 0.3) is 0 Å². The molecule has 0 aromatic heterocycles. The van der Waals surface area contributed by atoms with Crippen molar-refractivity contribution in [3.8, 4) is 13.1 Å². The maximum atomic E-state index is 6.50. The first kappa shape index (κ1) is 18.0. The minimum Gasteiger partial charge on any atom is -0.324 e. The lowest BCUT2D eigenvalue weighted by Crippen LogP contribution is -1.68. The lowest BCUT2D eigenvalue weighted by Gasteiger charge is -1.44. The summed E-state index contributed by atoms with van der Waals surface area (Å²) >= 11 is 0. The van der Waals surface area contributed by atoms with E-state index in [4.69, 9.17) is 10.5 Å². The summed E-state index contributed by atoms with van der Waals surface area (Å²) in [5, 5.41) is 15.8.